The molecule has 0 aromatic heterocycles. The highest BCUT2D eigenvalue weighted by molar-refractivity contribution is 9.10. The predicted octanol–water partition coefficient (Wildman–Crippen LogP) is -0.657. The topological polar surface area (TPSA) is 95.6 Å². The fourth-order valence-corrected chi connectivity index (χ4v) is 3.84. The van der Waals surface area contributed by atoms with Crippen molar-refractivity contribution in [3.8, 4) is 0 Å². The third-order valence-electron chi connectivity index (χ3n) is 3.12. The van der Waals surface area contributed by atoms with Crippen LogP contribution in [0.2, 0.25) is 0 Å². The Morgan fingerprint density at radius 1 is 1.29 bits per heavy atom. The summed E-state index contributed by atoms with van der Waals surface area (Å²) in [6, 6.07) is -0.508. The molecule has 17 heavy (non-hydrogen) atoms. The molecular formula is C8H12BrN3O4S. The summed E-state index contributed by atoms with van der Waals surface area (Å²) in [5.74, 6) is -0.363. The van der Waals surface area contributed by atoms with Gasteiger partial charge in [-0.15, -0.1) is 0 Å². The van der Waals surface area contributed by atoms with E-state index in [1.54, 1.807) is 0 Å². The Balaban J connectivity index is 2.09. The predicted molar refractivity (Wildman–Crippen MR) is 62.9 cm³/mol. The molecule has 0 aromatic rings. The zero-order valence-electron chi connectivity index (χ0n) is 8.90. The average Bonchev–Trinajstić information content (AvgIpc) is 2.54. The molecule has 2 aliphatic rings. The molecule has 2 heterocycles. The third-order valence-corrected chi connectivity index (χ3v) is 6.29. The van der Waals surface area contributed by atoms with Gasteiger partial charge in [-0.3, -0.25) is 10.1 Å². The van der Waals surface area contributed by atoms with Crippen LogP contribution in [0.5, 0.6) is 0 Å². The maximum absolute atomic E-state index is 11.6. The Bertz CT molecular complexity index is 455. The van der Waals surface area contributed by atoms with Gasteiger partial charge in [-0.25, -0.2) is 17.5 Å². The average molecular weight is 326 g/mol. The van der Waals surface area contributed by atoms with E-state index in [2.05, 4.69) is 26.6 Å². The van der Waals surface area contributed by atoms with E-state index in [1.807, 2.05) is 0 Å². The number of carbonyl (C=O) groups excluding carboxylic acids is 2. The number of piperidine rings is 1. The standard InChI is InChI=1S/C8H12BrN3O4S/c9-5-17(15,16)12-3-1-8(2-4-12)6(13)10-7(14)11-8/h1-5H2,(H2,10,11,13,14). The van der Waals surface area contributed by atoms with Gasteiger partial charge in [-0.2, -0.15) is 0 Å². The summed E-state index contributed by atoms with van der Waals surface area (Å²) in [5, 5.41) is 4.75. The largest absolute Gasteiger partial charge is 0.323 e. The number of carbonyl (C=O) groups is 2. The molecular weight excluding hydrogens is 314 g/mol. The van der Waals surface area contributed by atoms with Gasteiger partial charge in [-0.1, -0.05) is 15.9 Å². The van der Waals surface area contributed by atoms with Crippen LogP contribution in [0.3, 0.4) is 0 Å². The number of amides is 3. The summed E-state index contributed by atoms with van der Waals surface area (Å²) in [6.45, 7) is 0.475. The molecule has 9 heteroatoms. The van der Waals surface area contributed by atoms with E-state index >= 15 is 0 Å². The lowest BCUT2D eigenvalue weighted by molar-refractivity contribution is -0.125. The van der Waals surface area contributed by atoms with Crippen molar-refractivity contribution in [2.75, 3.05) is 17.8 Å². The van der Waals surface area contributed by atoms with Gasteiger partial charge < -0.3 is 5.32 Å². The first kappa shape index (κ1) is 12.8. The number of sulfonamides is 1. The lowest BCUT2D eigenvalue weighted by Crippen LogP contribution is -2.55. The molecule has 0 aliphatic carbocycles. The van der Waals surface area contributed by atoms with E-state index in [1.165, 1.54) is 4.31 Å². The summed E-state index contributed by atoms with van der Waals surface area (Å²) >= 11 is 2.92. The van der Waals surface area contributed by atoms with Gasteiger partial charge in [-0.05, 0) is 12.8 Å². The molecule has 1 spiro atoms. The maximum atomic E-state index is 11.6. The molecule has 2 aliphatic heterocycles. The lowest BCUT2D eigenvalue weighted by Gasteiger charge is -2.35. The Hall–Kier alpha value is -0.670. The molecule has 2 saturated heterocycles. The van der Waals surface area contributed by atoms with Gasteiger partial charge in [0, 0.05) is 13.1 Å². The molecule has 2 rings (SSSR count). The first-order chi connectivity index (χ1) is 7.89. The summed E-state index contributed by atoms with van der Waals surface area (Å²) < 4.78 is 24.4. The van der Waals surface area contributed by atoms with Crippen molar-refractivity contribution < 1.29 is 18.0 Å². The molecule has 0 radical (unpaired) electrons. The molecule has 3 amide bonds. The molecule has 2 N–H and O–H groups in total. The van der Waals surface area contributed by atoms with Crippen LogP contribution >= 0.6 is 15.9 Å². The van der Waals surface area contributed by atoms with E-state index < -0.39 is 21.6 Å². The van der Waals surface area contributed by atoms with Crippen molar-refractivity contribution in [3.05, 3.63) is 0 Å². The fraction of sp³-hybridized carbons (Fsp3) is 0.750. The van der Waals surface area contributed by atoms with E-state index in [0.717, 1.165) is 0 Å². The van der Waals surface area contributed by atoms with Crippen LogP contribution in [0, 0.1) is 0 Å². The van der Waals surface area contributed by atoms with Crippen molar-refractivity contribution in [1.82, 2.24) is 14.9 Å². The number of imide groups is 1. The van der Waals surface area contributed by atoms with E-state index in [4.69, 9.17) is 0 Å². The maximum Gasteiger partial charge on any atom is 0.322 e. The second-order valence-corrected chi connectivity index (χ2v) is 7.38. The number of alkyl halides is 1. The van der Waals surface area contributed by atoms with Gasteiger partial charge in [0.2, 0.25) is 10.0 Å². The van der Waals surface area contributed by atoms with Crippen LogP contribution in [0.25, 0.3) is 0 Å². The van der Waals surface area contributed by atoms with Crippen molar-refractivity contribution >= 4 is 37.9 Å². The van der Waals surface area contributed by atoms with Gasteiger partial charge in [0.25, 0.3) is 5.91 Å². The van der Waals surface area contributed by atoms with Crippen molar-refractivity contribution in [1.29, 1.82) is 0 Å². The second kappa shape index (κ2) is 4.21. The molecule has 0 saturated carbocycles. The number of nitrogens with one attached hydrogen (secondary N) is 2. The molecule has 0 unspecified atom stereocenters. The van der Waals surface area contributed by atoms with Gasteiger partial charge >= 0.3 is 6.03 Å². The summed E-state index contributed by atoms with van der Waals surface area (Å²) in [7, 11) is -3.29. The first-order valence-electron chi connectivity index (χ1n) is 5.07. The smallest absolute Gasteiger partial charge is 0.322 e. The number of nitrogens with zero attached hydrogens (tertiary/aromatic N) is 1. The zero-order chi connectivity index (χ0) is 12.7. The number of hydrogen-bond acceptors (Lipinski definition) is 4. The van der Waals surface area contributed by atoms with Crippen molar-refractivity contribution in [2.24, 2.45) is 0 Å². The van der Waals surface area contributed by atoms with Crippen LogP contribution in [0.15, 0.2) is 0 Å². The van der Waals surface area contributed by atoms with E-state index in [-0.39, 0.29) is 23.7 Å². The monoisotopic (exact) mass is 325 g/mol. The Labute approximate surface area is 107 Å². The SMILES string of the molecule is O=C1NC(=O)C2(CCN(S(=O)(=O)CBr)CC2)N1. The van der Waals surface area contributed by atoms with Crippen LogP contribution in [-0.4, -0.2) is 48.0 Å². The van der Waals surface area contributed by atoms with E-state index in [0.29, 0.717) is 12.8 Å². The van der Waals surface area contributed by atoms with Crippen LogP contribution in [0.4, 0.5) is 4.79 Å². The normalized spacial score (nSPS) is 24.8. The van der Waals surface area contributed by atoms with Crippen LogP contribution in [0.1, 0.15) is 12.8 Å². The minimum Gasteiger partial charge on any atom is -0.323 e. The fourth-order valence-electron chi connectivity index (χ4n) is 2.10. The molecule has 96 valence electrons. The highest BCUT2D eigenvalue weighted by Crippen LogP contribution is 2.27. The second-order valence-electron chi connectivity index (χ2n) is 4.11. The molecule has 7 nitrogen and oxygen atoms in total. The quantitative estimate of drug-likeness (QED) is 0.520. The highest BCUT2D eigenvalue weighted by Gasteiger charge is 2.49. The zero-order valence-corrected chi connectivity index (χ0v) is 11.3. The number of rotatable bonds is 2. The number of urea groups is 1. The van der Waals surface area contributed by atoms with Gasteiger partial charge in [0.15, 0.2) is 0 Å². The third kappa shape index (κ3) is 2.18. The highest BCUT2D eigenvalue weighted by atomic mass is 79.9. The van der Waals surface area contributed by atoms with Crippen molar-refractivity contribution in [3.63, 3.8) is 0 Å². The summed E-state index contributed by atoms with van der Waals surface area (Å²) in [4.78, 5) is 22.7. The first-order valence-corrected chi connectivity index (χ1v) is 7.80. The van der Waals surface area contributed by atoms with Gasteiger partial charge in [0.05, 0.1) is 0 Å². The molecule has 0 aromatic carbocycles. The molecule has 0 atom stereocenters. The minimum absolute atomic E-state index is 0.133. The van der Waals surface area contributed by atoms with Crippen molar-refractivity contribution in [2.45, 2.75) is 18.4 Å². The van der Waals surface area contributed by atoms with Gasteiger partial charge in [0.1, 0.15) is 10.2 Å². The summed E-state index contributed by atoms with van der Waals surface area (Å²) in [5.41, 5.74) is -0.921. The van der Waals surface area contributed by atoms with Crippen LogP contribution < -0.4 is 10.6 Å². The Kier molecular flexibility index (Phi) is 3.17. The summed E-state index contributed by atoms with van der Waals surface area (Å²) in [6.07, 6.45) is 0.605. The number of hydrogen-bond donors (Lipinski definition) is 2. The Morgan fingerprint density at radius 2 is 1.88 bits per heavy atom. The number of halogens is 1. The lowest BCUT2D eigenvalue weighted by atomic mass is 9.89. The molecule has 2 fully saturated rings. The van der Waals surface area contributed by atoms with E-state index in [9.17, 15) is 18.0 Å². The van der Waals surface area contributed by atoms with Crippen LogP contribution in [-0.2, 0) is 14.8 Å². The Morgan fingerprint density at radius 3 is 2.29 bits per heavy atom. The minimum atomic E-state index is -3.29. The molecule has 0 bridgehead atoms.